The first kappa shape index (κ1) is 14.5. The second-order valence-electron chi connectivity index (χ2n) is 5.04. The Balaban J connectivity index is 1.98. The molecule has 108 valence electrons. The number of hydrogen-bond acceptors (Lipinski definition) is 3. The van der Waals surface area contributed by atoms with Crippen LogP contribution in [0.4, 0.5) is 0 Å². The highest BCUT2D eigenvalue weighted by molar-refractivity contribution is 5.83. The van der Waals surface area contributed by atoms with Gasteiger partial charge in [-0.3, -0.25) is 9.59 Å². The van der Waals surface area contributed by atoms with E-state index >= 15 is 0 Å². The molecule has 1 heterocycles. The van der Waals surface area contributed by atoms with Gasteiger partial charge in [0.05, 0.1) is 0 Å². The Morgan fingerprint density at radius 3 is 2.70 bits per heavy atom. The SMILES string of the molecule is CO[C@@H](C(=O)N[C@H]1CCC(=O)N(C)C1)c1ccccc1. The van der Waals surface area contributed by atoms with E-state index in [1.54, 1.807) is 11.9 Å². The van der Waals surface area contributed by atoms with Crippen LogP contribution in [0.15, 0.2) is 30.3 Å². The Morgan fingerprint density at radius 2 is 2.10 bits per heavy atom. The molecule has 20 heavy (non-hydrogen) atoms. The monoisotopic (exact) mass is 276 g/mol. The number of methoxy groups -OCH3 is 1. The zero-order valence-corrected chi connectivity index (χ0v) is 11.8. The third-order valence-electron chi connectivity index (χ3n) is 3.55. The lowest BCUT2D eigenvalue weighted by Crippen LogP contribution is -2.49. The molecule has 1 aliphatic heterocycles. The Bertz CT molecular complexity index is 475. The standard InChI is InChI=1S/C15H20N2O3/c1-17-10-12(8-9-13(17)18)16-15(19)14(20-2)11-6-4-3-5-7-11/h3-7,12,14H,8-10H2,1-2H3,(H,16,19)/t12-,14+/m0/s1. The molecule has 1 fully saturated rings. The van der Waals surface area contributed by atoms with Crippen molar-refractivity contribution < 1.29 is 14.3 Å². The lowest BCUT2D eigenvalue weighted by atomic mass is 10.0. The van der Waals surface area contributed by atoms with Gasteiger partial charge in [0.1, 0.15) is 0 Å². The Hall–Kier alpha value is -1.88. The normalized spacial score (nSPS) is 20.6. The number of carbonyl (C=O) groups excluding carboxylic acids is 2. The zero-order chi connectivity index (χ0) is 14.5. The van der Waals surface area contributed by atoms with Crippen LogP contribution in [0, 0.1) is 0 Å². The van der Waals surface area contributed by atoms with Crippen molar-refractivity contribution in [3.05, 3.63) is 35.9 Å². The molecule has 0 radical (unpaired) electrons. The van der Waals surface area contributed by atoms with Crippen molar-refractivity contribution in [1.29, 1.82) is 0 Å². The first-order chi connectivity index (χ1) is 9.61. The summed E-state index contributed by atoms with van der Waals surface area (Å²) in [4.78, 5) is 25.4. The third-order valence-corrected chi connectivity index (χ3v) is 3.55. The second kappa shape index (κ2) is 6.52. The van der Waals surface area contributed by atoms with Crippen LogP contribution in [0.3, 0.4) is 0 Å². The molecule has 1 aromatic rings. The predicted octanol–water partition coefficient (Wildman–Crippen LogP) is 1.11. The number of nitrogens with zero attached hydrogens (tertiary/aromatic N) is 1. The van der Waals surface area contributed by atoms with Crippen molar-refractivity contribution in [3.63, 3.8) is 0 Å². The smallest absolute Gasteiger partial charge is 0.254 e. The van der Waals surface area contributed by atoms with E-state index in [9.17, 15) is 9.59 Å². The average molecular weight is 276 g/mol. The minimum atomic E-state index is -0.612. The fraction of sp³-hybridized carbons (Fsp3) is 0.467. The molecule has 5 heteroatoms. The van der Waals surface area contributed by atoms with E-state index in [2.05, 4.69) is 5.32 Å². The quantitative estimate of drug-likeness (QED) is 0.896. The van der Waals surface area contributed by atoms with Crippen molar-refractivity contribution in [1.82, 2.24) is 10.2 Å². The van der Waals surface area contributed by atoms with Crippen LogP contribution >= 0.6 is 0 Å². The van der Waals surface area contributed by atoms with Crippen LogP contribution in [0.5, 0.6) is 0 Å². The summed E-state index contributed by atoms with van der Waals surface area (Å²) in [5.74, 6) is -0.0340. The van der Waals surface area contributed by atoms with Crippen molar-refractivity contribution in [2.75, 3.05) is 20.7 Å². The van der Waals surface area contributed by atoms with E-state index in [0.717, 1.165) is 5.56 Å². The molecular weight excluding hydrogens is 256 g/mol. The summed E-state index contributed by atoms with van der Waals surface area (Å²) in [5, 5.41) is 2.96. The van der Waals surface area contributed by atoms with E-state index in [1.807, 2.05) is 30.3 Å². The molecule has 1 aromatic carbocycles. The maximum Gasteiger partial charge on any atom is 0.254 e. The number of likely N-dealkylation sites (N-methyl/N-ethyl adjacent to an activating group) is 1. The fourth-order valence-corrected chi connectivity index (χ4v) is 2.43. The van der Waals surface area contributed by atoms with Gasteiger partial charge in [-0.15, -0.1) is 0 Å². The zero-order valence-electron chi connectivity index (χ0n) is 11.8. The van der Waals surface area contributed by atoms with Gasteiger partial charge in [-0.1, -0.05) is 30.3 Å². The molecule has 0 spiro atoms. The summed E-state index contributed by atoms with van der Waals surface area (Å²) in [6, 6.07) is 9.37. The van der Waals surface area contributed by atoms with Crippen LogP contribution in [0.25, 0.3) is 0 Å². The van der Waals surface area contributed by atoms with Crippen LogP contribution in [-0.4, -0.2) is 43.5 Å². The van der Waals surface area contributed by atoms with Crippen LogP contribution in [-0.2, 0) is 14.3 Å². The summed E-state index contributed by atoms with van der Waals surface area (Å²) in [6.45, 7) is 0.551. The molecule has 2 atom stereocenters. The summed E-state index contributed by atoms with van der Waals surface area (Å²) in [5.41, 5.74) is 0.827. The highest BCUT2D eigenvalue weighted by atomic mass is 16.5. The highest BCUT2D eigenvalue weighted by Crippen LogP contribution is 2.18. The van der Waals surface area contributed by atoms with Gasteiger partial charge in [0.25, 0.3) is 5.91 Å². The predicted molar refractivity (Wildman–Crippen MR) is 75.0 cm³/mol. The van der Waals surface area contributed by atoms with Gasteiger partial charge in [-0.05, 0) is 12.0 Å². The molecule has 0 unspecified atom stereocenters. The number of hydrogen-bond donors (Lipinski definition) is 1. The van der Waals surface area contributed by atoms with Crippen LogP contribution < -0.4 is 5.32 Å². The molecule has 0 aliphatic carbocycles. The van der Waals surface area contributed by atoms with Crippen LogP contribution in [0.1, 0.15) is 24.5 Å². The third kappa shape index (κ3) is 3.36. The second-order valence-corrected chi connectivity index (χ2v) is 5.04. The summed E-state index contributed by atoms with van der Waals surface area (Å²) in [7, 11) is 3.28. The lowest BCUT2D eigenvalue weighted by molar-refractivity contribution is -0.136. The molecule has 1 aliphatic rings. The first-order valence-electron chi connectivity index (χ1n) is 6.74. The highest BCUT2D eigenvalue weighted by Gasteiger charge is 2.27. The van der Waals surface area contributed by atoms with Crippen molar-refractivity contribution >= 4 is 11.8 Å². The number of carbonyl (C=O) groups is 2. The molecule has 2 amide bonds. The molecule has 5 nitrogen and oxygen atoms in total. The Labute approximate surface area is 118 Å². The Morgan fingerprint density at radius 1 is 1.40 bits per heavy atom. The van der Waals surface area contributed by atoms with Gasteiger partial charge in [0.15, 0.2) is 6.10 Å². The summed E-state index contributed by atoms with van der Waals surface area (Å²) < 4.78 is 5.30. The number of rotatable bonds is 4. The van der Waals surface area contributed by atoms with E-state index in [1.165, 1.54) is 7.11 Å². The topological polar surface area (TPSA) is 58.6 Å². The number of ether oxygens (including phenoxy) is 1. The summed E-state index contributed by atoms with van der Waals surface area (Å²) >= 11 is 0. The average Bonchev–Trinajstić information content (AvgIpc) is 2.45. The molecule has 0 saturated carbocycles. The van der Waals surface area contributed by atoms with Gasteiger partial charge < -0.3 is 15.0 Å². The van der Waals surface area contributed by atoms with Crippen LogP contribution in [0.2, 0.25) is 0 Å². The number of piperidine rings is 1. The lowest BCUT2D eigenvalue weighted by Gasteiger charge is -2.31. The van der Waals surface area contributed by atoms with E-state index < -0.39 is 6.10 Å². The minimum Gasteiger partial charge on any atom is -0.367 e. The van der Waals surface area contributed by atoms with Crippen molar-refractivity contribution in [2.45, 2.75) is 25.0 Å². The maximum absolute atomic E-state index is 12.3. The van der Waals surface area contributed by atoms with E-state index in [0.29, 0.717) is 19.4 Å². The van der Waals surface area contributed by atoms with Gasteiger partial charge in [0, 0.05) is 33.2 Å². The first-order valence-corrected chi connectivity index (χ1v) is 6.74. The maximum atomic E-state index is 12.3. The largest absolute Gasteiger partial charge is 0.367 e. The number of nitrogens with one attached hydrogen (secondary N) is 1. The molecule has 2 rings (SSSR count). The van der Waals surface area contributed by atoms with E-state index in [4.69, 9.17) is 4.74 Å². The van der Waals surface area contributed by atoms with Crippen molar-refractivity contribution in [3.8, 4) is 0 Å². The number of likely N-dealkylation sites (tertiary alicyclic amines) is 1. The van der Waals surface area contributed by atoms with Gasteiger partial charge in [-0.2, -0.15) is 0 Å². The molecule has 0 aromatic heterocycles. The molecule has 1 saturated heterocycles. The fourth-order valence-electron chi connectivity index (χ4n) is 2.43. The number of amides is 2. The Kier molecular flexibility index (Phi) is 4.74. The van der Waals surface area contributed by atoms with Gasteiger partial charge >= 0.3 is 0 Å². The van der Waals surface area contributed by atoms with E-state index in [-0.39, 0.29) is 17.9 Å². The van der Waals surface area contributed by atoms with Gasteiger partial charge in [0.2, 0.25) is 5.91 Å². The molecule has 1 N–H and O–H groups in total. The van der Waals surface area contributed by atoms with Crippen molar-refractivity contribution in [2.24, 2.45) is 0 Å². The van der Waals surface area contributed by atoms with Gasteiger partial charge in [-0.25, -0.2) is 0 Å². The molecule has 0 bridgehead atoms. The minimum absolute atomic E-state index is 0.00781. The summed E-state index contributed by atoms with van der Waals surface area (Å²) in [6.07, 6.45) is 0.545. The molecular formula is C15H20N2O3. The number of benzene rings is 1.